The Morgan fingerprint density at radius 2 is 1.88 bits per heavy atom. The van der Waals surface area contributed by atoms with Crippen LogP contribution in [0.25, 0.3) is 0 Å². The molecule has 0 aliphatic heterocycles. The van der Waals surface area contributed by atoms with E-state index in [4.69, 9.17) is 5.11 Å². The second kappa shape index (κ2) is 6.33. The topological polar surface area (TPSA) is 81.6 Å². The first kappa shape index (κ1) is 17.4. The van der Waals surface area contributed by atoms with E-state index in [0.29, 0.717) is 36.4 Å². The van der Waals surface area contributed by atoms with Gasteiger partial charge in [-0.3, -0.25) is 0 Å². The third kappa shape index (κ3) is 3.74. The number of rotatable bonds is 7. The molecule has 0 spiro atoms. The highest BCUT2D eigenvalue weighted by Crippen LogP contribution is 2.49. The molecule has 2 aromatic heterocycles. The predicted molar refractivity (Wildman–Crippen MR) is 84.4 cm³/mol. The van der Waals surface area contributed by atoms with Gasteiger partial charge in [-0.05, 0) is 32.1 Å². The van der Waals surface area contributed by atoms with Crippen molar-refractivity contribution >= 4 is 0 Å². The average molecular weight is 370 g/mol. The van der Waals surface area contributed by atoms with E-state index in [1.54, 1.807) is 11.6 Å². The Kier molecular flexibility index (Phi) is 4.25. The number of aliphatic hydroxyl groups is 1. The van der Waals surface area contributed by atoms with Crippen LogP contribution in [0, 0.1) is 12.8 Å². The summed E-state index contributed by atoms with van der Waals surface area (Å²) in [7, 11) is 0. The fourth-order valence-electron chi connectivity index (χ4n) is 3.45. The summed E-state index contributed by atoms with van der Waals surface area (Å²) in [6.07, 6.45) is -0.752. The van der Waals surface area contributed by atoms with Crippen molar-refractivity contribution < 1.29 is 18.3 Å². The maximum atomic E-state index is 12.7. The largest absolute Gasteiger partial charge is 0.408 e. The van der Waals surface area contributed by atoms with Gasteiger partial charge in [0.25, 0.3) is 0 Å². The fourth-order valence-corrected chi connectivity index (χ4v) is 3.45. The Morgan fingerprint density at radius 1 is 1.12 bits per heavy atom. The molecule has 4 rings (SSSR count). The van der Waals surface area contributed by atoms with Gasteiger partial charge in [0.2, 0.25) is 0 Å². The Morgan fingerprint density at radius 3 is 2.54 bits per heavy atom. The molecule has 7 nitrogen and oxygen atoms in total. The van der Waals surface area contributed by atoms with E-state index >= 15 is 0 Å². The first-order valence-corrected chi connectivity index (χ1v) is 8.86. The molecule has 2 heterocycles. The van der Waals surface area contributed by atoms with Crippen LogP contribution >= 0.6 is 0 Å². The van der Waals surface area contributed by atoms with Crippen molar-refractivity contribution in [2.45, 2.75) is 63.7 Å². The SMILES string of the molecule is Cc1nc(C2CC2Cc2nc(C3CC3)n(CCO)n2)n(CC(F)(F)F)n1. The number of alkyl halides is 3. The summed E-state index contributed by atoms with van der Waals surface area (Å²) in [5, 5.41) is 17.5. The lowest BCUT2D eigenvalue weighted by atomic mass is 10.2. The molecule has 2 unspecified atom stereocenters. The molecule has 1 N–H and O–H groups in total. The van der Waals surface area contributed by atoms with Gasteiger partial charge in [0.15, 0.2) is 5.82 Å². The molecule has 2 aromatic rings. The molecule has 2 fully saturated rings. The summed E-state index contributed by atoms with van der Waals surface area (Å²) in [5.74, 6) is 2.96. The van der Waals surface area contributed by atoms with Gasteiger partial charge in [-0.1, -0.05) is 0 Å². The van der Waals surface area contributed by atoms with Gasteiger partial charge < -0.3 is 5.11 Å². The Labute approximate surface area is 148 Å². The second-order valence-corrected chi connectivity index (χ2v) is 7.20. The Balaban J connectivity index is 1.46. The molecule has 0 radical (unpaired) electrons. The molecule has 0 saturated heterocycles. The number of hydrogen-bond acceptors (Lipinski definition) is 5. The summed E-state index contributed by atoms with van der Waals surface area (Å²) in [4.78, 5) is 8.82. The average Bonchev–Trinajstić information content (AvgIpc) is 3.43. The van der Waals surface area contributed by atoms with Crippen LogP contribution in [0.3, 0.4) is 0 Å². The maximum absolute atomic E-state index is 12.7. The zero-order valence-corrected chi connectivity index (χ0v) is 14.4. The van der Waals surface area contributed by atoms with E-state index in [9.17, 15) is 13.2 Å². The fraction of sp³-hybridized carbons (Fsp3) is 0.750. The van der Waals surface area contributed by atoms with Crippen molar-refractivity contribution in [3.05, 3.63) is 23.3 Å². The lowest BCUT2D eigenvalue weighted by Gasteiger charge is -2.08. The summed E-state index contributed by atoms with van der Waals surface area (Å²) >= 11 is 0. The lowest BCUT2D eigenvalue weighted by molar-refractivity contribution is -0.143. The third-order valence-corrected chi connectivity index (χ3v) is 4.83. The van der Waals surface area contributed by atoms with Crippen LogP contribution in [0.4, 0.5) is 13.2 Å². The predicted octanol–water partition coefficient (Wildman–Crippen LogP) is 1.96. The van der Waals surface area contributed by atoms with Crippen molar-refractivity contribution in [3.8, 4) is 0 Å². The normalized spacial score (nSPS) is 22.8. The van der Waals surface area contributed by atoms with Crippen molar-refractivity contribution in [1.82, 2.24) is 29.5 Å². The van der Waals surface area contributed by atoms with Crippen LogP contribution in [-0.2, 0) is 19.5 Å². The monoisotopic (exact) mass is 370 g/mol. The summed E-state index contributed by atoms with van der Waals surface area (Å²) in [6.45, 7) is 0.926. The van der Waals surface area contributed by atoms with Crippen LogP contribution in [0.1, 0.15) is 54.4 Å². The van der Waals surface area contributed by atoms with Gasteiger partial charge in [-0.25, -0.2) is 19.3 Å². The highest BCUT2D eigenvalue weighted by molar-refractivity contribution is 5.15. The molecule has 2 aliphatic rings. The number of aliphatic hydroxyl groups excluding tert-OH is 1. The second-order valence-electron chi connectivity index (χ2n) is 7.20. The highest BCUT2D eigenvalue weighted by Gasteiger charge is 2.44. The van der Waals surface area contributed by atoms with Gasteiger partial charge in [-0.2, -0.15) is 23.4 Å². The first-order chi connectivity index (χ1) is 12.3. The van der Waals surface area contributed by atoms with E-state index in [1.165, 1.54) is 0 Å². The number of aromatic nitrogens is 6. The van der Waals surface area contributed by atoms with Gasteiger partial charge in [0.05, 0.1) is 13.2 Å². The van der Waals surface area contributed by atoms with E-state index in [-0.39, 0.29) is 18.4 Å². The quantitative estimate of drug-likeness (QED) is 0.806. The van der Waals surface area contributed by atoms with Crippen LogP contribution in [0.5, 0.6) is 0 Å². The molecule has 0 bridgehead atoms. The van der Waals surface area contributed by atoms with E-state index in [1.807, 2.05) is 0 Å². The van der Waals surface area contributed by atoms with Gasteiger partial charge in [-0.15, -0.1) is 0 Å². The number of aryl methyl sites for hydroxylation is 1. The minimum absolute atomic E-state index is 0.00833. The summed E-state index contributed by atoms with van der Waals surface area (Å²) in [5.41, 5.74) is 0. The number of halogens is 3. The third-order valence-electron chi connectivity index (χ3n) is 4.83. The highest BCUT2D eigenvalue weighted by atomic mass is 19.4. The number of nitrogens with zero attached hydrogens (tertiary/aromatic N) is 6. The molecule has 0 amide bonds. The van der Waals surface area contributed by atoms with Crippen molar-refractivity contribution in [3.63, 3.8) is 0 Å². The molecule has 2 saturated carbocycles. The maximum Gasteiger partial charge on any atom is 0.408 e. The molecular weight excluding hydrogens is 349 g/mol. The molecule has 10 heteroatoms. The van der Waals surface area contributed by atoms with Crippen LogP contribution in [0.15, 0.2) is 0 Å². The summed E-state index contributed by atoms with van der Waals surface area (Å²) < 4.78 is 40.9. The Hall–Kier alpha value is -1.97. The molecule has 0 aromatic carbocycles. The molecular formula is C16H21F3N6O. The van der Waals surface area contributed by atoms with Crippen molar-refractivity contribution in [2.24, 2.45) is 5.92 Å². The van der Waals surface area contributed by atoms with E-state index in [0.717, 1.165) is 29.8 Å². The van der Waals surface area contributed by atoms with Crippen LogP contribution in [0.2, 0.25) is 0 Å². The van der Waals surface area contributed by atoms with Gasteiger partial charge in [0.1, 0.15) is 24.0 Å². The van der Waals surface area contributed by atoms with E-state index < -0.39 is 12.7 Å². The first-order valence-electron chi connectivity index (χ1n) is 8.86. The summed E-state index contributed by atoms with van der Waals surface area (Å²) in [6, 6.07) is 0. The van der Waals surface area contributed by atoms with Crippen LogP contribution in [-0.4, -0.2) is 47.4 Å². The van der Waals surface area contributed by atoms with E-state index in [2.05, 4.69) is 20.2 Å². The van der Waals surface area contributed by atoms with Crippen molar-refractivity contribution in [2.75, 3.05) is 6.61 Å². The van der Waals surface area contributed by atoms with Crippen molar-refractivity contribution in [1.29, 1.82) is 0 Å². The minimum atomic E-state index is -4.32. The smallest absolute Gasteiger partial charge is 0.394 e. The Bertz CT molecular complexity index is 794. The zero-order chi connectivity index (χ0) is 18.5. The molecule has 26 heavy (non-hydrogen) atoms. The van der Waals surface area contributed by atoms with Gasteiger partial charge in [0, 0.05) is 18.3 Å². The number of hydrogen-bond donors (Lipinski definition) is 1. The molecule has 2 atom stereocenters. The van der Waals surface area contributed by atoms with Crippen LogP contribution < -0.4 is 0 Å². The molecule has 2 aliphatic carbocycles. The minimum Gasteiger partial charge on any atom is -0.394 e. The zero-order valence-electron chi connectivity index (χ0n) is 14.4. The standard InChI is InChI=1S/C16H21F3N6O/c1-9-20-15(25(22-9)8-16(17,18)19)12-6-11(12)7-13-21-14(10-2-3-10)24(23-13)4-5-26/h10-12,26H,2-8H2,1H3. The van der Waals surface area contributed by atoms with Gasteiger partial charge >= 0.3 is 6.18 Å². The lowest BCUT2D eigenvalue weighted by Crippen LogP contribution is -2.20. The molecule has 142 valence electrons.